The SMILES string of the molecule is ClCc1nnc(N2CCCC3CCCC32)o1. The van der Waals surface area contributed by atoms with Gasteiger partial charge in [-0.1, -0.05) is 11.5 Å². The van der Waals surface area contributed by atoms with Gasteiger partial charge < -0.3 is 9.32 Å². The molecule has 4 nitrogen and oxygen atoms in total. The zero-order valence-corrected chi connectivity index (χ0v) is 9.99. The fourth-order valence-corrected chi connectivity index (χ4v) is 3.21. The van der Waals surface area contributed by atoms with Crippen molar-refractivity contribution in [1.82, 2.24) is 10.2 Å². The highest BCUT2D eigenvalue weighted by Gasteiger charge is 2.37. The van der Waals surface area contributed by atoms with Crippen molar-refractivity contribution >= 4 is 17.6 Å². The third-order valence-corrected chi connectivity index (χ3v) is 4.04. The van der Waals surface area contributed by atoms with E-state index in [9.17, 15) is 0 Å². The molecular weight excluding hydrogens is 226 g/mol. The Morgan fingerprint density at radius 1 is 1.25 bits per heavy atom. The maximum Gasteiger partial charge on any atom is 0.318 e. The van der Waals surface area contributed by atoms with E-state index in [2.05, 4.69) is 15.1 Å². The van der Waals surface area contributed by atoms with E-state index in [1.54, 1.807) is 0 Å². The monoisotopic (exact) mass is 241 g/mol. The summed E-state index contributed by atoms with van der Waals surface area (Å²) in [7, 11) is 0. The lowest BCUT2D eigenvalue weighted by atomic mass is 9.92. The Morgan fingerprint density at radius 2 is 2.12 bits per heavy atom. The minimum absolute atomic E-state index is 0.301. The van der Waals surface area contributed by atoms with Crippen molar-refractivity contribution in [2.24, 2.45) is 5.92 Å². The van der Waals surface area contributed by atoms with Crippen molar-refractivity contribution in [1.29, 1.82) is 0 Å². The molecule has 0 amide bonds. The smallest absolute Gasteiger partial charge is 0.318 e. The molecule has 1 saturated heterocycles. The second-order valence-corrected chi connectivity index (χ2v) is 4.97. The number of fused-ring (bicyclic) bond motifs is 1. The first kappa shape index (κ1) is 10.4. The maximum absolute atomic E-state index is 5.68. The molecule has 2 aliphatic rings. The van der Waals surface area contributed by atoms with Gasteiger partial charge in [-0.15, -0.1) is 16.7 Å². The lowest BCUT2D eigenvalue weighted by molar-refractivity contribution is 0.340. The summed E-state index contributed by atoms with van der Waals surface area (Å²) in [4.78, 5) is 2.30. The second kappa shape index (κ2) is 4.24. The van der Waals surface area contributed by atoms with Crippen molar-refractivity contribution in [2.75, 3.05) is 11.4 Å². The molecule has 3 rings (SSSR count). The number of alkyl halides is 1. The van der Waals surface area contributed by atoms with Crippen molar-refractivity contribution in [3.63, 3.8) is 0 Å². The Kier molecular flexibility index (Phi) is 2.75. The number of rotatable bonds is 2. The minimum atomic E-state index is 0.301. The molecule has 1 aliphatic carbocycles. The summed E-state index contributed by atoms with van der Waals surface area (Å²) < 4.78 is 5.55. The first-order chi connectivity index (χ1) is 7.88. The molecule has 0 N–H and O–H groups in total. The summed E-state index contributed by atoms with van der Waals surface area (Å²) in [6.07, 6.45) is 6.56. The van der Waals surface area contributed by atoms with E-state index in [0.717, 1.165) is 12.5 Å². The van der Waals surface area contributed by atoms with Crippen LogP contribution in [0.1, 0.15) is 38.0 Å². The highest BCUT2D eigenvalue weighted by molar-refractivity contribution is 6.16. The molecular formula is C11H16ClN3O. The van der Waals surface area contributed by atoms with Crippen LogP contribution in [0.3, 0.4) is 0 Å². The van der Waals surface area contributed by atoms with Crippen LogP contribution in [0.15, 0.2) is 4.42 Å². The molecule has 88 valence electrons. The number of piperidine rings is 1. The highest BCUT2D eigenvalue weighted by Crippen LogP contribution is 2.38. The molecule has 0 radical (unpaired) electrons. The van der Waals surface area contributed by atoms with Gasteiger partial charge in [0.2, 0.25) is 5.89 Å². The van der Waals surface area contributed by atoms with E-state index in [0.29, 0.717) is 23.8 Å². The molecule has 1 aromatic rings. The molecule has 0 spiro atoms. The van der Waals surface area contributed by atoms with Gasteiger partial charge in [0.15, 0.2) is 0 Å². The van der Waals surface area contributed by atoms with Crippen LogP contribution in [-0.4, -0.2) is 22.8 Å². The Bertz CT molecular complexity index is 368. The molecule has 0 bridgehead atoms. The number of aromatic nitrogens is 2. The van der Waals surface area contributed by atoms with Crippen LogP contribution in [0.2, 0.25) is 0 Å². The Hall–Kier alpha value is -0.770. The van der Waals surface area contributed by atoms with Crippen LogP contribution >= 0.6 is 11.6 Å². The number of nitrogens with zero attached hydrogens (tertiary/aromatic N) is 3. The molecule has 2 unspecified atom stereocenters. The average Bonchev–Trinajstić information content (AvgIpc) is 2.97. The fourth-order valence-electron chi connectivity index (χ4n) is 3.11. The fraction of sp³-hybridized carbons (Fsp3) is 0.818. The van der Waals surface area contributed by atoms with E-state index in [1.807, 2.05) is 0 Å². The zero-order valence-electron chi connectivity index (χ0n) is 9.23. The summed E-state index contributed by atoms with van der Waals surface area (Å²) in [5.74, 6) is 1.66. The summed E-state index contributed by atoms with van der Waals surface area (Å²) in [6, 6.07) is 1.30. The van der Waals surface area contributed by atoms with Crippen molar-refractivity contribution < 1.29 is 4.42 Å². The first-order valence-corrected chi connectivity index (χ1v) is 6.57. The van der Waals surface area contributed by atoms with Gasteiger partial charge in [0.1, 0.15) is 5.88 Å². The van der Waals surface area contributed by atoms with Crippen molar-refractivity contribution in [2.45, 2.75) is 44.0 Å². The van der Waals surface area contributed by atoms with Gasteiger partial charge in [0.25, 0.3) is 0 Å². The van der Waals surface area contributed by atoms with E-state index in [-0.39, 0.29) is 0 Å². The molecule has 2 heterocycles. The van der Waals surface area contributed by atoms with Crippen molar-refractivity contribution in [3.05, 3.63) is 5.89 Å². The summed E-state index contributed by atoms with van der Waals surface area (Å²) in [5.41, 5.74) is 0. The zero-order chi connectivity index (χ0) is 11.0. The summed E-state index contributed by atoms with van der Waals surface area (Å²) in [6.45, 7) is 1.05. The average molecular weight is 242 g/mol. The van der Waals surface area contributed by atoms with Crippen LogP contribution in [0.4, 0.5) is 6.01 Å². The van der Waals surface area contributed by atoms with Gasteiger partial charge in [-0.2, -0.15) is 0 Å². The third-order valence-electron chi connectivity index (χ3n) is 3.81. The first-order valence-electron chi connectivity index (χ1n) is 6.03. The standard InChI is InChI=1S/C11H16ClN3O/c12-7-10-13-14-11(16-10)15-6-2-4-8-3-1-5-9(8)15/h8-9H,1-7H2. The third kappa shape index (κ3) is 1.69. The molecule has 2 fully saturated rings. The topological polar surface area (TPSA) is 42.2 Å². The van der Waals surface area contributed by atoms with Gasteiger partial charge >= 0.3 is 6.01 Å². The largest absolute Gasteiger partial charge is 0.407 e. The quantitative estimate of drug-likeness (QED) is 0.747. The summed E-state index contributed by atoms with van der Waals surface area (Å²) in [5, 5.41) is 8.03. The molecule has 1 aliphatic heterocycles. The van der Waals surface area contributed by atoms with Gasteiger partial charge in [-0.3, -0.25) is 0 Å². The normalized spacial score (nSPS) is 29.4. The molecule has 5 heteroatoms. The minimum Gasteiger partial charge on any atom is -0.407 e. The van der Waals surface area contributed by atoms with Crippen LogP contribution in [0.25, 0.3) is 0 Å². The van der Waals surface area contributed by atoms with Crippen LogP contribution in [0.5, 0.6) is 0 Å². The second-order valence-electron chi connectivity index (χ2n) is 4.71. The van der Waals surface area contributed by atoms with Gasteiger partial charge in [0, 0.05) is 12.6 Å². The number of anilines is 1. The van der Waals surface area contributed by atoms with Gasteiger partial charge in [0.05, 0.1) is 0 Å². The van der Waals surface area contributed by atoms with Crippen LogP contribution in [-0.2, 0) is 5.88 Å². The molecule has 0 aromatic carbocycles. The van der Waals surface area contributed by atoms with Gasteiger partial charge in [-0.05, 0) is 31.6 Å². The van der Waals surface area contributed by atoms with Crippen LogP contribution in [0, 0.1) is 5.92 Å². The lowest BCUT2D eigenvalue weighted by Gasteiger charge is -2.36. The molecule has 1 saturated carbocycles. The molecule has 16 heavy (non-hydrogen) atoms. The van der Waals surface area contributed by atoms with E-state index < -0.39 is 0 Å². The van der Waals surface area contributed by atoms with Gasteiger partial charge in [-0.25, -0.2) is 0 Å². The van der Waals surface area contributed by atoms with Crippen molar-refractivity contribution in [3.8, 4) is 0 Å². The number of hydrogen-bond acceptors (Lipinski definition) is 4. The molecule has 2 atom stereocenters. The summed E-state index contributed by atoms with van der Waals surface area (Å²) >= 11 is 5.68. The number of halogens is 1. The van der Waals surface area contributed by atoms with Crippen LogP contribution < -0.4 is 4.90 Å². The number of hydrogen-bond donors (Lipinski definition) is 0. The lowest BCUT2D eigenvalue weighted by Crippen LogP contribution is -2.42. The molecule has 1 aromatic heterocycles. The predicted molar refractivity (Wildman–Crippen MR) is 61.6 cm³/mol. The Morgan fingerprint density at radius 3 is 2.94 bits per heavy atom. The van der Waals surface area contributed by atoms with E-state index in [1.165, 1.54) is 32.1 Å². The van der Waals surface area contributed by atoms with E-state index in [4.69, 9.17) is 16.0 Å². The Labute approximate surface area is 100.0 Å². The highest BCUT2D eigenvalue weighted by atomic mass is 35.5. The van der Waals surface area contributed by atoms with E-state index >= 15 is 0 Å². The predicted octanol–water partition coefficient (Wildman–Crippen LogP) is 2.58. The Balaban J connectivity index is 1.82. The maximum atomic E-state index is 5.68.